The van der Waals surface area contributed by atoms with Crippen molar-refractivity contribution in [3.8, 4) is 11.5 Å². The van der Waals surface area contributed by atoms with Crippen LogP contribution in [-0.4, -0.2) is 31.0 Å². The molecule has 3 aromatic rings. The molecule has 0 amide bonds. The van der Waals surface area contributed by atoms with E-state index >= 15 is 0 Å². The van der Waals surface area contributed by atoms with E-state index < -0.39 is 0 Å². The average Bonchev–Trinajstić information content (AvgIpc) is 3.35. The monoisotopic (exact) mass is 340 g/mol. The first-order chi connectivity index (χ1) is 12.2. The maximum Gasteiger partial charge on any atom is 0.251 e. The molecule has 3 heterocycles. The molecular weight excluding hydrogens is 316 g/mol. The van der Waals surface area contributed by atoms with E-state index in [1.807, 2.05) is 30.9 Å². The Balaban J connectivity index is 1.83. The molecule has 0 aliphatic heterocycles. The van der Waals surface area contributed by atoms with Crippen molar-refractivity contribution in [1.29, 1.82) is 0 Å². The highest BCUT2D eigenvalue weighted by atomic mass is 16.4. The van der Waals surface area contributed by atoms with E-state index in [2.05, 4.69) is 32.5 Å². The van der Waals surface area contributed by atoms with Crippen molar-refractivity contribution in [2.45, 2.75) is 65.0 Å². The van der Waals surface area contributed by atoms with Crippen molar-refractivity contribution < 1.29 is 4.42 Å². The fourth-order valence-corrected chi connectivity index (χ4v) is 3.43. The number of hydrogen-bond acceptors (Lipinski definition) is 6. The van der Waals surface area contributed by atoms with Crippen molar-refractivity contribution in [3.05, 3.63) is 18.3 Å². The lowest BCUT2D eigenvalue weighted by atomic mass is 10.1. The third-order valence-corrected chi connectivity index (χ3v) is 4.83. The largest absolute Gasteiger partial charge is 0.420 e. The molecule has 0 bridgehead atoms. The summed E-state index contributed by atoms with van der Waals surface area (Å²) in [5.74, 6) is 1.36. The highest BCUT2D eigenvalue weighted by Gasteiger charge is 2.23. The molecule has 7 heteroatoms. The van der Waals surface area contributed by atoms with Gasteiger partial charge in [0.2, 0.25) is 5.89 Å². The second-order valence-corrected chi connectivity index (χ2v) is 6.97. The fourth-order valence-electron chi connectivity index (χ4n) is 3.43. The van der Waals surface area contributed by atoms with Crippen LogP contribution >= 0.6 is 0 Å². The van der Waals surface area contributed by atoms with Gasteiger partial charge in [-0.2, -0.15) is 5.10 Å². The van der Waals surface area contributed by atoms with Gasteiger partial charge < -0.3 is 9.73 Å². The molecule has 25 heavy (non-hydrogen) atoms. The Labute approximate surface area is 146 Å². The van der Waals surface area contributed by atoms with E-state index in [9.17, 15) is 0 Å². The molecule has 4 rings (SSSR count). The Hall–Kier alpha value is -2.44. The van der Waals surface area contributed by atoms with E-state index in [4.69, 9.17) is 4.42 Å². The van der Waals surface area contributed by atoms with E-state index in [1.165, 1.54) is 25.7 Å². The van der Waals surface area contributed by atoms with Gasteiger partial charge in [0.15, 0.2) is 5.65 Å². The van der Waals surface area contributed by atoms with Gasteiger partial charge in [0.1, 0.15) is 0 Å². The number of pyridine rings is 1. The molecule has 132 valence electrons. The third kappa shape index (κ3) is 2.88. The van der Waals surface area contributed by atoms with E-state index in [0.29, 0.717) is 17.8 Å². The first-order valence-electron chi connectivity index (χ1n) is 9.12. The van der Waals surface area contributed by atoms with Gasteiger partial charge in [-0.15, -0.1) is 10.2 Å². The van der Waals surface area contributed by atoms with E-state index in [-0.39, 0.29) is 5.92 Å². The normalized spacial score (nSPS) is 15.5. The van der Waals surface area contributed by atoms with Crippen LogP contribution in [0.25, 0.3) is 22.5 Å². The lowest BCUT2D eigenvalue weighted by Gasteiger charge is -2.16. The smallest absolute Gasteiger partial charge is 0.251 e. The lowest BCUT2D eigenvalue weighted by Crippen LogP contribution is -2.15. The van der Waals surface area contributed by atoms with Crippen LogP contribution in [0.15, 0.2) is 16.8 Å². The average molecular weight is 340 g/mol. The maximum atomic E-state index is 5.89. The van der Waals surface area contributed by atoms with Crippen LogP contribution < -0.4 is 5.32 Å². The van der Waals surface area contributed by atoms with Crippen LogP contribution in [0.4, 0.5) is 5.69 Å². The summed E-state index contributed by atoms with van der Waals surface area (Å²) in [6.07, 6.45) is 8.62. The van der Waals surface area contributed by atoms with Gasteiger partial charge in [-0.3, -0.25) is 0 Å². The van der Waals surface area contributed by atoms with Gasteiger partial charge in [-0.05, 0) is 19.8 Å². The second kappa shape index (κ2) is 6.46. The Morgan fingerprint density at radius 3 is 2.72 bits per heavy atom. The number of aromatic nitrogens is 5. The Morgan fingerprint density at radius 2 is 2.04 bits per heavy atom. The van der Waals surface area contributed by atoms with E-state index in [1.54, 1.807) is 0 Å². The molecular formula is C18H24N6O. The van der Waals surface area contributed by atoms with Crippen LogP contribution in [0, 0.1) is 0 Å². The predicted molar refractivity (Wildman–Crippen MR) is 96.5 cm³/mol. The summed E-state index contributed by atoms with van der Waals surface area (Å²) in [6.45, 7) is 6.94. The molecule has 3 aromatic heterocycles. The van der Waals surface area contributed by atoms with Crippen molar-refractivity contribution in [2.24, 2.45) is 0 Å². The van der Waals surface area contributed by atoms with Gasteiger partial charge in [-0.25, -0.2) is 9.67 Å². The van der Waals surface area contributed by atoms with Gasteiger partial charge in [0, 0.05) is 24.7 Å². The maximum absolute atomic E-state index is 5.89. The number of fused-ring (bicyclic) bond motifs is 1. The fraction of sp³-hybridized carbons (Fsp3) is 0.556. The number of anilines is 1. The van der Waals surface area contributed by atoms with Crippen LogP contribution in [0.5, 0.6) is 0 Å². The summed E-state index contributed by atoms with van der Waals surface area (Å²) >= 11 is 0. The molecule has 7 nitrogen and oxygen atoms in total. The summed E-state index contributed by atoms with van der Waals surface area (Å²) < 4.78 is 7.80. The Kier molecular flexibility index (Phi) is 4.15. The topological polar surface area (TPSA) is 81.7 Å². The third-order valence-electron chi connectivity index (χ3n) is 4.83. The minimum Gasteiger partial charge on any atom is -0.420 e. The number of aryl methyl sites for hydroxylation is 1. The molecule has 0 atom stereocenters. The standard InChI is InChI=1S/C18H24N6O/c1-4-24-16-13(10-20-24)15(21-12-7-5-6-8-12)14(9-19-16)18-23-22-17(25-18)11(2)3/h9-12H,4-8H2,1-3H3,(H,19,21). The van der Waals surface area contributed by atoms with Crippen molar-refractivity contribution >= 4 is 16.7 Å². The number of hydrogen-bond donors (Lipinski definition) is 1. The molecule has 0 radical (unpaired) electrons. The van der Waals surface area contributed by atoms with Gasteiger partial charge in [0.25, 0.3) is 5.89 Å². The van der Waals surface area contributed by atoms with E-state index in [0.717, 1.165) is 28.8 Å². The van der Waals surface area contributed by atoms with Crippen molar-refractivity contribution in [3.63, 3.8) is 0 Å². The molecule has 0 saturated heterocycles. The van der Waals surface area contributed by atoms with Gasteiger partial charge in [-0.1, -0.05) is 26.7 Å². The number of rotatable bonds is 5. The molecule has 1 aliphatic rings. The SMILES string of the molecule is CCn1ncc2c(NC3CCCC3)c(-c3nnc(C(C)C)o3)cnc21. The lowest BCUT2D eigenvalue weighted by molar-refractivity contribution is 0.481. The molecule has 0 spiro atoms. The predicted octanol–water partition coefficient (Wildman–Crippen LogP) is 3.98. The van der Waals surface area contributed by atoms with Crippen LogP contribution in [0.3, 0.4) is 0 Å². The zero-order valence-corrected chi connectivity index (χ0v) is 15.0. The first-order valence-corrected chi connectivity index (χ1v) is 9.12. The van der Waals surface area contributed by atoms with Crippen molar-refractivity contribution in [1.82, 2.24) is 25.0 Å². The minimum absolute atomic E-state index is 0.201. The summed E-state index contributed by atoms with van der Waals surface area (Å²) in [5.41, 5.74) is 2.75. The summed E-state index contributed by atoms with van der Waals surface area (Å²) in [6, 6.07) is 0.474. The van der Waals surface area contributed by atoms with Crippen LogP contribution in [0.2, 0.25) is 0 Å². The molecule has 1 aliphatic carbocycles. The first kappa shape index (κ1) is 16.1. The Bertz CT molecular complexity index is 875. The second-order valence-electron chi connectivity index (χ2n) is 6.97. The summed E-state index contributed by atoms with van der Waals surface area (Å²) in [4.78, 5) is 4.61. The van der Waals surface area contributed by atoms with Crippen molar-refractivity contribution in [2.75, 3.05) is 5.32 Å². The Morgan fingerprint density at radius 1 is 1.24 bits per heavy atom. The summed E-state index contributed by atoms with van der Waals surface area (Å²) in [7, 11) is 0. The minimum atomic E-state index is 0.201. The van der Waals surface area contributed by atoms with Gasteiger partial charge >= 0.3 is 0 Å². The zero-order chi connectivity index (χ0) is 17.4. The highest BCUT2D eigenvalue weighted by molar-refractivity contribution is 5.96. The molecule has 1 N–H and O–H groups in total. The molecule has 1 saturated carbocycles. The molecule has 0 aromatic carbocycles. The molecule has 0 unspecified atom stereocenters. The van der Waals surface area contributed by atoms with Crippen LogP contribution in [0.1, 0.15) is 58.3 Å². The number of nitrogens with one attached hydrogen (secondary N) is 1. The highest BCUT2D eigenvalue weighted by Crippen LogP contribution is 2.35. The summed E-state index contributed by atoms with van der Waals surface area (Å²) in [5, 5.41) is 17.6. The quantitative estimate of drug-likeness (QED) is 0.756. The molecule has 1 fully saturated rings. The van der Waals surface area contributed by atoms with Gasteiger partial charge in [0.05, 0.1) is 22.8 Å². The van der Waals surface area contributed by atoms with Crippen LogP contribution in [-0.2, 0) is 6.54 Å². The zero-order valence-electron chi connectivity index (χ0n) is 15.0. The number of nitrogens with zero attached hydrogens (tertiary/aromatic N) is 5.